The highest BCUT2D eigenvalue weighted by Gasteiger charge is 2.26. The lowest BCUT2D eigenvalue weighted by molar-refractivity contribution is -0.138. The summed E-state index contributed by atoms with van der Waals surface area (Å²) in [6.45, 7) is 3.32. The van der Waals surface area contributed by atoms with Crippen molar-refractivity contribution in [3.05, 3.63) is 0 Å². The van der Waals surface area contributed by atoms with Crippen molar-refractivity contribution in [1.29, 1.82) is 0 Å². The van der Waals surface area contributed by atoms with Crippen molar-refractivity contribution < 1.29 is 9.90 Å². The smallest absolute Gasteiger partial charge is 0.303 e. The van der Waals surface area contributed by atoms with Gasteiger partial charge >= 0.3 is 5.97 Å². The summed E-state index contributed by atoms with van der Waals surface area (Å²) >= 11 is 0. The summed E-state index contributed by atoms with van der Waals surface area (Å²) in [6.07, 6.45) is 5.62. The zero-order valence-corrected chi connectivity index (χ0v) is 8.61. The molecule has 80 valence electrons. The molecule has 1 saturated carbocycles. The van der Waals surface area contributed by atoms with Crippen LogP contribution < -0.4 is 0 Å². The van der Waals surface area contributed by atoms with Gasteiger partial charge < -0.3 is 10.0 Å². The molecule has 3 heteroatoms. The zero-order chi connectivity index (χ0) is 9.97. The van der Waals surface area contributed by atoms with Gasteiger partial charge in [-0.1, -0.05) is 12.8 Å². The minimum absolute atomic E-state index is 0.361. The molecule has 0 amide bonds. The van der Waals surface area contributed by atoms with Gasteiger partial charge in [0, 0.05) is 13.0 Å². The molecule has 1 unspecified atom stereocenters. The Balaban J connectivity index is 1.63. The molecule has 14 heavy (non-hydrogen) atoms. The number of hydrogen-bond donors (Lipinski definition) is 1. The van der Waals surface area contributed by atoms with E-state index in [4.69, 9.17) is 5.11 Å². The quantitative estimate of drug-likeness (QED) is 0.727. The summed E-state index contributed by atoms with van der Waals surface area (Å²) in [7, 11) is 0. The molecular formula is C11H19NO2. The first-order valence-electron chi connectivity index (χ1n) is 5.68. The highest BCUT2D eigenvalue weighted by molar-refractivity contribution is 5.67. The van der Waals surface area contributed by atoms with E-state index < -0.39 is 5.97 Å². The summed E-state index contributed by atoms with van der Waals surface area (Å²) in [5.74, 6) is 0.763. The van der Waals surface area contributed by atoms with Crippen molar-refractivity contribution in [3.8, 4) is 0 Å². The van der Waals surface area contributed by atoms with Gasteiger partial charge in [0.05, 0.1) is 0 Å². The number of nitrogens with zero attached hydrogens (tertiary/aromatic N) is 1. The topological polar surface area (TPSA) is 40.5 Å². The Bertz CT molecular complexity index is 213. The van der Waals surface area contributed by atoms with E-state index in [1.807, 2.05) is 0 Å². The number of carboxylic acid groups (broad SMARTS) is 1. The van der Waals surface area contributed by atoms with E-state index in [0.717, 1.165) is 25.4 Å². The maximum atomic E-state index is 10.5. The van der Waals surface area contributed by atoms with Gasteiger partial charge in [0.15, 0.2) is 0 Å². The Morgan fingerprint density at radius 3 is 2.71 bits per heavy atom. The van der Waals surface area contributed by atoms with Crippen molar-refractivity contribution >= 4 is 5.97 Å². The Morgan fingerprint density at radius 2 is 2.07 bits per heavy atom. The van der Waals surface area contributed by atoms with E-state index in [0.29, 0.717) is 12.3 Å². The van der Waals surface area contributed by atoms with E-state index in [2.05, 4.69) is 4.90 Å². The number of hydrogen-bond acceptors (Lipinski definition) is 2. The van der Waals surface area contributed by atoms with E-state index in [1.165, 1.54) is 25.8 Å². The van der Waals surface area contributed by atoms with Gasteiger partial charge in [-0.05, 0) is 37.8 Å². The predicted octanol–water partition coefficient (Wildman–Crippen LogP) is 1.58. The van der Waals surface area contributed by atoms with E-state index in [-0.39, 0.29) is 0 Å². The largest absolute Gasteiger partial charge is 0.481 e. The fourth-order valence-corrected chi connectivity index (χ4v) is 2.30. The van der Waals surface area contributed by atoms with Crippen LogP contribution in [0.1, 0.15) is 32.1 Å². The first kappa shape index (κ1) is 9.97. The number of likely N-dealkylation sites (tertiary alicyclic amines) is 1. The van der Waals surface area contributed by atoms with Gasteiger partial charge in [-0.25, -0.2) is 0 Å². The van der Waals surface area contributed by atoms with Crippen LogP contribution in [0.5, 0.6) is 0 Å². The third-order valence-corrected chi connectivity index (χ3v) is 3.38. The number of aliphatic carboxylic acids is 1. The lowest BCUT2D eigenvalue weighted by Gasteiger charge is -2.14. The number of rotatable bonds is 5. The fourth-order valence-electron chi connectivity index (χ4n) is 2.30. The molecule has 0 radical (unpaired) electrons. The highest BCUT2D eigenvalue weighted by Crippen LogP contribution is 2.33. The molecule has 0 spiro atoms. The molecule has 0 bridgehead atoms. The third-order valence-electron chi connectivity index (χ3n) is 3.38. The zero-order valence-electron chi connectivity index (χ0n) is 8.61. The summed E-state index contributed by atoms with van der Waals surface area (Å²) < 4.78 is 0. The van der Waals surface area contributed by atoms with Gasteiger partial charge in [-0.3, -0.25) is 4.79 Å². The molecule has 1 aliphatic heterocycles. The summed E-state index contributed by atoms with van der Waals surface area (Å²) in [5, 5.41) is 8.67. The van der Waals surface area contributed by atoms with Crippen molar-refractivity contribution in [3.63, 3.8) is 0 Å². The standard InChI is InChI=1S/C11H19NO2/c13-11(14)7-10-4-6-12(8-10)5-3-9-1-2-9/h9-10H,1-8H2,(H,13,14). The normalized spacial score (nSPS) is 28.1. The number of carbonyl (C=O) groups is 1. The van der Waals surface area contributed by atoms with E-state index in [9.17, 15) is 4.79 Å². The first-order chi connectivity index (χ1) is 6.74. The molecule has 2 aliphatic rings. The molecule has 1 saturated heterocycles. The molecule has 0 aromatic carbocycles. The average molecular weight is 197 g/mol. The molecule has 1 heterocycles. The van der Waals surface area contributed by atoms with E-state index in [1.54, 1.807) is 0 Å². The monoisotopic (exact) mass is 197 g/mol. The van der Waals surface area contributed by atoms with Crippen LogP contribution in [0.25, 0.3) is 0 Å². The second-order valence-electron chi connectivity index (χ2n) is 4.79. The third kappa shape index (κ3) is 2.98. The lowest BCUT2D eigenvalue weighted by atomic mass is 10.1. The van der Waals surface area contributed by atoms with Crippen LogP contribution in [0.3, 0.4) is 0 Å². The molecule has 0 aromatic rings. The van der Waals surface area contributed by atoms with Crippen LogP contribution in [-0.2, 0) is 4.79 Å². The molecular weight excluding hydrogens is 178 g/mol. The SMILES string of the molecule is O=C(O)CC1CCN(CCC2CC2)C1. The maximum absolute atomic E-state index is 10.5. The summed E-state index contributed by atoms with van der Waals surface area (Å²) in [6, 6.07) is 0. The Kier molecular flexibility index (Phi) is 3.06. The summed E-state index contributed by atoms with van der Waals surface area (Å²) in [5.41, 5.74) is 0. The maximum Gasteiger partial charge on any atom is 0.303 e. The summed E-state index contributed by atoms with van der Waals surface area (Å²) in [4.78, 5) is 13.0. The Labute approximate surface area is 85.1 Å². The van der Waals surface area contributed by atoms with Crippen molar-refractivity contribution in [1.82, 2.24) is 4.90 Å². The molecule has 1 N–H and O–H groups in total. The highest BCUT2D eigenvalue weighted by atomic mass is 16.4. The minimum Gasteiger partial charge on any atom is -0.481 e. The molecule has 2 fully saturated rings. The lowest BCUT2D eigenvalue weighted by Crippen LogP contribution is -2.22. The molecule has 1 aliphatic carbocycles. The fraction of sp³-hybridized carbons (Fsp3) is 0.909. The van der Waals surface area contributed by atoms with Gasteiger partial charge in [-0.15, -0.1) is 0 Å². The van der Waals surface area contributed by atoms with Crippen LogP contribution in [0.4, 0.5) is 0 Å². The predicted molar refractivity (Wildman–Crippen MR) is 54.1 cm³/mol. The Hall–Kier alpha value is -0.570. The van der Waals surface area contributed by atoms with Crippen LogP contribution >= 0.6 is 0 Å². The molecule has 2 rings (SSSR count). The van der Waals surface area contributed by atoms with Crippen LogP contribution in [-0.4, -0.2) is 35.6 Å². The Morgan fingerprint density at radius 1 is 1.29 bits per heavy atom. The van der Waals surface area contributed by atoms with Gasteiger partial charge in [0.25, 0.3) is 0 Å². The van der Waals surface area contributed by atoms with Gasteiger partial charge in [0.2, 0.25) is 0 Å². The van der Waals surface area contributed by atoms with Crippen molar-refractivity contribution in [2.45, 2.75) is 32.1 Å². The second-order valence-corrected chi connectivity index (χ2v) is 4.79. The minimum atomic E-state index is -0.640. The van der Waals surface area contributed by atoms with Crippen LogP contribution in [0, 0.1) is 11.8 Å². The molecule has 1 atom stereocenters. The second kappa shape index (κ2) is 4.30. The van der Waals surface area contributed by atoms with Gasteiger partial charge in [0.1, 0.15) is 0 Å². The number of carboxylic acids is 1. The van der Waals surface area contributed by atoms with Crippen molar-refractivity contribution in [2.24, 2.45) is 11.8 Å². The van der Waals surface area contributed by atoms with Crippen molar-refractivity contribution in [2.75, 3.05) is 19.6 Å². The average Bonchev–Trinajstić information content (AvgIpc) is 2.84. The molecule has 3 nitrogen and oxygen atoms in total. The van der Waals surface area contributed by atoms with Gasteiger partial charge in [-0.2, -0.15) is 0 Å². The molecule has 0 aromatic heterocycles. The first-order valence-corrected chi connectivity index (χ1v) is 5.68. The van der Waals surface area contributed by atoms with Crippen LogP contribution in [0.2, 0.25) is 0 Å². The van der Waals surface area contributed by atoms with Crippen LogP contribution in [0.15, 0.2) is 0 Å². The van der Waals surface area contributed by atoms with E-state index >= 15 is 0 Å².